The molecular formula is C12H12BrIN2S. The Hall–Kier alpha value is -0.140. The number of aryl methyl sites for hydroxylation is 1. The van der Waals surface area contributed by atoms with Crippen molar-refractivity contribution in [3.8, 4) is 0 Å². The molecule has 0 aliphatic carbocycles. The normalized spacial score (nSPS) is 12.5. The van der Waals surface area contributed by atoms with Crippen molar-refractivity contribution in [3.63, 3.8) is 0 Å². The zero-order chi connectivity index (χ0) is 12.4. The highest BCUT2D eigenvalue weighted by Crippen LogP contribution is 2.28. The zero-order valence-electron chi connectivity index (χ0n) is 9.50. The Balaban J connectivity index is 2.15. The molecule has 1 N–H and O–H groups in total. The van der Waals surface area contributed by atoms with E-state index < -0.39 is 0 Å². The zero-order valence-corrected chi connectivity index (χ0v) is 14.1. The number of benzene rings is 1. The molecule has 1 unspecified atom stereocenters. The lowest BCUT2D eigenvalue weighted by Crippen LogP contribution is -2.07. The number of hydrogen-bond donors (Lipinski definition) is 1. The summed E-state index contributed by atoms with van der Waals surface area (Å²) >= 11 is 7.56. The molecule has 0 fully saturated rings. The average molecular weight is 423 g/mol. The minimum atomic E-state index is 0.219. The van der Waals surface area contributed by atoms with Gasteiger partial charge in [-0.1, -0.05) is 0 Å². The SMILES string of the molecule is Cc1nc(C(C)Nc2ccc(I)cc2Br)cs1. The smallest absolute Gasteiger partial charge is 0.0898 e. The van der Waals surface area contributed by atoms with Gasteiger partial charge in [0.2, 0.25) is 0 Å². The van der Waals surface area contributed by atoms with E-state index in [-0.39, 0.29) is 6.04 Å². The van der Waals surface area contributed by atoms with Crippen LogP contribution in [0.3, 0.4) is 0 Å². The minimum absolute atomic E-state index is 0.219. The van der Waals surface area contributed by atoms with Gasteiger partial charge in [0, 0.05) is 19.1 Å². The van der Waals surface area contributed by atoms with Gasteiger partial charge in [0.25, 0.3) is 0 Å². The molecule has 90 valence electrons. The van der Waals surface area contributed by atoms with Crippen LogP contribution in [0.2, 0.25) is 0 Å². The van der Waals surface area contributed by atoms with E-state index in [1.54, 1.807) is 11.3 Å². The molecule has 17 heavy (non-hydrogen) atoms. The molecule has 1 heterocycles. The number of rotatable bonds is 3. The summed E-state index contributed by atoms with van der Waals surface area (Å²) in [5.41, 5.74) is 2.20. The molecule has 1 atom stereocenters. The molecule has 1 aromatic carbocycles. The third-order valence-electron chi connectivity index (χ3n) is 2.38. The quantitative estimate of drug-likeness (QED) is 0.704. The lowest BCUT2D eigenvalue weighted by molar-refractivity contribution is 0.844. The summed E-state index contributed by atoms with van der Waals surface area (Å²) in [5.74, 6) is 0. The number of hydrogen-bond acceptors (Lipinski definition) is 3. The van der Waals surface area contributed by atoms with Crippen molar-refractivity contribution in [2.45, 2.75) is 19.9 Å². The maximum atomic E-state index is 4.49. The maximum Gasteiger partial charge on any atom is 0.0898 e. The van der Waals surface area contributed by atoms with Crippen molar-refractivity contribution in [3.05, 3.63) is 42.3 Å². The third-order valence-corrected chi connectivity index (χ3v) is 4.50. The summed E-state index contributed by atoms with van der Waals surface area (Å²) in [6.45, 7) is 4.15. The topological polar surface area (TPSA) is 24.9 Å². The number of thiazole rings is 1. The first kappa shape index (κ1) is 13.3. The van der Waals surface area contributed by atoms with Crippen LogP contribution in [-0.2, 0) is 0 Å². The maximum absolute atomic E-state index is 4.49. The Labute approximate surface area is 127 Å². The van der Waals surface area contributed by atoms with E-state index in [9.17, 15) is 0 Å². The van der Waals surface area contributed by atoms with Crippen LogP contribution < -0.4 is 5.32 Å². The second kappa shape index (κ2) is 5.67. The molecule has 0 radical (unpaired) electrons. The van der Waals surface area contributed by atoms with Crippen molar-refractivity contribution in [2.24, 2.45) is 0 Å². The van der Waals surface area contributed by atoms with Crippen LogP contribution in [0.1, 0.15) is 23.7 Å². The van der Waals surface area contributed by atoms with Crippen LogP contribution in [0.15, 0.2) is 28.1 Å². The highest BCUT2D eigenvalue weighted by Gasteiger charge is 2.10. The van der Waals surface area contributed by atoms with E-state index in [1.807, 2.05) is 6.92 Å². The van der Waals surface area contributed by atoms with Crippen molar-refractivity contribution >= 4 is 55.5 Å². The van der Waals surface area contributed by atoms with Crippen LogP contribution in [-0.4, -0.2) is 4.98 Å². The number of aromatic nitrogens is 1. The van der Waals surface area contributed by atoms with E-state index in [1.165, 1.54) is 3.57 Å². The summed E-state index contributed by atoms with van der Waals surface area (Å²) < 4.78 is 2.31. The van der Waals surface area contributed by atoms with E-state index in [4.69, 9.17) is 0 Å². The molecule has 1 aromatic heterocycles. The summed E-state index contributed by atoms with van der Waals surface area (Å²) in [6, 6.07) is 6.49. The fourth-order valence-corrected chi connectivity index (χ4v) is 3.61. The first-order valence-corrected chi connectivity index (χ1v) is 7.95. The molecule has 0 aliphatic heterocycles. The van der Waals surface area contributed by atoms with Crippen LogP contribution in [0.4, 0.5) is 5.69 Å². The summed E-state index contributed by atoms with van der Waals surface area (Å²) in [4.78, 5) is 4.49. The molecule has 0 saturated carbocycles. The Morgan fingerprint density at radius 3 is 2.82 bits per heavy atom. The van der Waals surface area contributed by atoms with Gasteiger partial charge in [0.15, 0.2) is 0 Å². The lowest BCUT2D eigenvalue weighted by atomic mass is 10.2. The second-order valence-electron chi connectivity index (χ2n) is 3.78. The molecule has 2 rings (SSSR count). The molecule has 0 aliphatic rings. The molecule has 5 heteroatoms. The number of anilines is 1. The van der Waals surface area contributed by atoms with Crippen molar-refractivity contribution in [1.82, 2.24) is 4.98 Å². The first-order chi connectivity index (χ1) is 8.06. The van der Waals surface area contributed by atoms with Gasteiger partial charge >= 0.3 is 0 Å². The lowest BCUT2D eigenvalue weighted by Gasteiger charge is -2.14. The van der Waals surface area contributed by atoms with Gasteiger partial charge in [-0.25, -0.2) is 4.98 Å². The van der Waals surface area contributed by atoms with E-state index in [2.05, 4.69) is 79.3 Å². The molecule has 0 amide bonds. The highest BCUT2D eigenvalue weighted by molar-refractivity contribution is 14.1. The Morgan fingerprint density at radius 1 is 1.47 bits per heavy atom. The highest BCUT2D eigenvalue weighted by atomic mass is 127. The molecule has 2 aromatic rings. The summed E-state index contributed by atoms with van der Waals surface area (Å²) in [7, 11) is 0. The second-order valence-corrected chi connectivity index (χ2v) is 6.94. The Bertz CT molecular complexity index is 527. The van der Waals surface area contributed by atoms with Gasteiger partial charge in [-0.05, 0) is 70.6 Å². The molecule has 2 nitrogen and oxygen atoms in total. The van der Waals surface area contributed by atoms with Gasteiger partial charge in [-0.15, -0.1) is 11.3 Å². The van der Waals surface area contributed by atoms with Crippen LogP contribution in [0, 0.1) is 10.5 Å². The molecule has 0 spiro atoms. The van der Waals surface area contributed by atoms with Gasteiger partial charge in [0.1, 0.15) is 0 Å². The molecule has 0 bridgehead atoms. The van der Waals surface area contributed by atoms with E-state index >= 15 is 0 Å². The van der Waals surface area contributed by atoms with Crippen LogP contribution in [0.25, 0.3) is 0 Å². The van der Waals surface area contributed by atoms with Crippen LogP contribution in [0.5, 0.6) is 0 Å². The number of nitrogens with zero attached hydrogens (tertiary/aromatic N) is 1. The average Bonchev–Trinajstić information content (AvgIpc) is 2.69. The first-order valence-electron chi connectivity index (χ1n) is 5.20. The monoisotopic (exact) mass is 422 g/mol. The van der Waals surface area contributed by atoms with Gasteiger partial charge in [-0.3, -0.25) is 0 Å². The number of nitrogens with one attached hydrogen (secondary N) is 1. The predicted molar refractivity (Wildman–Crippen MR) is 85.7 cm³/mol. The van der Waals surface area contributed by atoms with Gasteiger partial charge < -0.3 is 5.32 Å². The summed E-state index contributed by atoms with van der Waals surface area (Å²) in [6.07, 6.45) is 0. The number of halogens is 2. The largest absolute Gasteiger partial charge is 0.376 e. The van der Waals surface area contributed by atoms with Gasteiger partial charge in [-0.2, -0.15) is 0 Å². The van der Waals surface area contributed by atoms with Crippen molar-refractivity contribution in [2.75, 3.05) is 5.32 Å². The van der Waals surface area contributed by atoms with Crippen molar-refractivity contribution in [1.29, 1.82) is 0 Å². The van der Waals surface area contributed by atoms with Crippen LogP contribution >= 0.6 is 49.9 Å². The Morgan fingerprint density at radius 2 is 2.24 bits per heavy atom. The summed E-state index contributed by atoms with van der Waals surface area (Å²) in [5, 5.41) is 6.67. The minimum Gasteiger partial charge on any atom is -0.376 e. The predicted octanol–water partition coefficient (Wildman–Crippen LogP) is 4.99. The van der Waals surface area contributed by atoms with Crippen molar-refractivity contribution < 1.29 is 0 Å². The molecular weight excluding hydrogens is 411 g/mol. The fourth-order valence-electron chi connectivity index (χ4n) is 1.49. The molecule has 0 saturated heterocycles. The fraction of sp³-hybridized carbons (Fsp3) is 0.250. The van der Waals surface area contributed by atoms with E-state index in [0.29, 0.717) is 0 Å². The standard InChI is InChI=1S/C12H12BrIN2S/c1-7(12-6-17-8(2)16-12)15-11-4-3-9(14)5-10(11)13/h3-7,15H,1-2H3. The Kier molecular flexibility index (Phi) is 4.43. The van der Waals surface area contributed by atoms with E-state index in [0.717, 1.165) is 20.9 Å². The third kappa shape index (κ3) is 3.42. The van der Waals surface area contributed by atoms with Gasteiger partial charge in [0.05, 0.1) is 16.7 Å².